The van der Waals surface area contributed by atoms with Crippen molar-refractivity contribution in [3.63, 3.8) is 0 Å². The molecule has 1 N–H and O–H groups in total. The zero-order valence-electron chi connectivity index (χ0n) is 10.2. The fourth-order valence-corrected chi connectivity index (χ4v) is 2.33. The summed E-state index contributed by atoms with van der Waals surface area (Å²) >= 11 is 11.7. The third-order valence-electron chi connectivity index (χ3n) is 3.24. The van der Waals surface area contributed by atoms with Gasteiger partial charge in [0.15, 0.2) is 0 Å². The summed E-state index contributed by atoms with van der Waals surface area (Å²) in [5.74, 6) is -0.637. The van der Waals surface area contributed by atoms with Crippen LogP contribution in [0.15, 0.2) is 12.1 Å². The van der Waals surface area contributed by atoms with Gasteiger partial charge in [-0.3, -0.25) is 14.9 Å². The molecule has 1 saturated carbocycles. The summed E-state index contributed by atoms with van der Waals surface area (Å²) in [7, 11) is 0. The Morgan fingerprint density at radius 2 is 2.10 bits per heavy atom. The fraction of sp³-hybridized carbons (Fsp3) is 0.333. The molecule has 0 unspecified atom stereocenters. The predicted octanol–water partition coefficient (Wildman–Crippen LogP) is 3.08. The number of hydrogen-bond donors (Lipinski definition) is 1. The van der Waals surface area contributed by atoms with Gasteiger partial charge in [-0.1, -0.05) is 23.2 Å². The van der Waals surface area contributed by atoms with Crippen LogP contribution in [0.25, 0.3) is 0 Å². The Bertz CT molecular complexity index is 636. The van der Waals surface area contributed by atoms with Gasteiger partial charge in [-0.15, -0.1) is 0 Å². The molecule has 0 atom stereocenters. The SMILES string of the molecule is N#CC1(NC(=O)c2cc([N+](=O)[O-])cc(Cl)c2Cl)CCC1. The zero-order chi connectivity index (χ0) is 14.9. The first-order valence-electron chi connectivity index (χ1n) is 5.76. The normalized spacial score (nSPS) is 15.8. The lowest BCUT2D eigenvalue weighted by atomic mass is 9.78. The minimum absolute atomic E-state index is 0.0674. The van der Waals surface area contributed by atoms with Crippen molar-refractivity contribution in [1.29, 1.82) is 5.26 Å². The Hall–Kier alpha value is -1.84. The van der Waals surface area contributed by atoms with E-state index < -0.39 is 16.4 Å². The molecule has 1 amide bonds. The molecule has 0 aromatic heterocycles. The highest BCUT2D eigenvalue weighted by Gasteiger charge is 2.39. The summed E-state index contributed by atoms with van der Waals surface area (Å²) in [6.07, 6.45) is 1.95. The molecular formula is C12H9Cl2N3O3. The Morgan fingerprint density at radius 1 is 1.45 bits per heavy atom. The Labute approximate surface area is 124 Å². The van der Waals surface area contributed by atoms with Crippen molar-refractivity contribution in [1.82, 2.24) is 5.32 Å². The van der Waals surface area contributed by atoms with Gasteiger partial charge < -0.3 is 5.32 Å². The summed E-state index contributed by atoms with van der Waals surface area (Å²) in [6.45, 7) is 0. The number of carbonyl (C=O) groups is 1. The van der Waals surface area contributed by atoms with E-state index in [-0.39, 0.29) is 21.3 Å². The van der Waals surface area contributed by atoms with Gasteiger partial charge in [0.25, 0.3) is 11.6 Å². The number of rotatable bonds is 3. The van der Waals surface area contributed by atoms with E-state index in [1.807, 2.05) is 6.07 Å². The van der Waals surface area contributed by atoms with Crippen LogP contribution < -0.4 is 5.32 Å². The van der Waals surface area contributed by atoms with Crippen molar-refractivity contribution in [3.05, 3.63) is 37.9 Å². The number of nitrogens with zero attached hydrogens (tertiary/aromatic N) is 2. The van der Waals surface area contributed by atoms with Crippen molar-refractivity contribution in [2.24, 2.45) is 0 Å². The minimum Gasteiger partial charge on any atom is -0.334 e. The first-order chi connectivity index (χ1) is 9.38. The lowest BCUT2D eigenvalue weighted by Gasteiger charge is -2.35. The van der Waals surface area contributed by atoms with Gasteiger partial charge in [-0.25, -0.2) is 0 Å². The number of hydrogen-bond acceptors (Lipinski definition) is 4. The molecule has 8 heteroatoms. The first-order valence-corrected chi connectivity index (χ1v) is 6.51. The predicted molar refractivity (Wildman–Crippen MR) is 72.8 cm³/mol. The zero-order valence-corrected chi connectivity index (χ0v) is 11.7. The van der Waals surface area contributed by atoms with Crippen LogP contribution in [0.4, 0.5) is 5.69 Å². The van der Waals surface area contributed by atoms with Gasteiger partial charge in [-0.2, -0.15) is 5.26 Å². The van der Waals surface area contributed by atoms with Crippen molar-refractivity contribution in [2.45, 2.75) is 24.8 Å². The number of amides is 1. The number of nitro benzene ring substituents is 1. The van der Waals surface area contributed by atoms with Crippen molar-refractivity contribution in [2.75, 3.05) is 0 Å². The summed E-state index contributed by atoms with van der Waals surface area (Å²) < 4.78 is 0. The topological polar surface area (TPSA) is 96.0 Å². The van der Waals surface area contributed by atoms with Crippen molar-refractivity contribution < 1.29 is 9.72 Å². The number of nitro groups is 1. The number of nitriles is 1. The third-order valence-corrected chi connectivity index (χ3v) is 4.04. The fourth-order valence-electron chi connectivity index (χ4n) is 1.93. The van der Waals surface area contributed by atoms with E-state index in [0.29, 0.717) is 12.8 Å². The van der Waals surface area contributed by atoms with E-state index in [1.54, 1.807) is 0 Å². The maximum absolute atomic E-state index is 12.1. The molecule has 6 nitrogen and oxygen atoms in total. The molecule has 0 saturated heterocycles. The van der Waals surface area contributed by atoms with Crippen molar-refractivity contribution in [3.8, 4) is 6.07 Å². The maximum atomic E-state index is 12.1. The van der Waals surface area contributed by atoms with Gasteiger partial charge in [0.2, 0.25) is 0 Å². The third kappa shape index (κ3) is 2.55. The highest BCUT2D eigenvalue weighted by Crippen LogP contribution is 2.34. The summed E-state index contributed by atoms with van der Waals surface area (Å²) in [4.78, 5) is 22.2. The first kappa shape index (κ1) is 14.6. The Kier molecular flexibility index (Phi) is 3.84. The molecule has 1 aromatic rings. The average Bonchev–Trinajstić information content (AvgIpc) is 2.36. The number of halogens is 2. The molecule has 104 valence electrons. The molecule has 1 aliphatic rings. The molecule has 1 aliphatic carbocycles. The lowest BCUT2D eigenvalue weighted by molar-refractivity contribution is -0.384. The maximum Gasteiger partial charge on any atom is 0.271 e. The van der Waals surface area contributed by atoms with Gasteiger partial charge in [0.05, 0.1) is 26.6 Å². The van der Waals surface area contributed by atoms with Crippen LogP contribution in [0.3, 0.4) is 0 Å². The van der Waals surface area contributed by atoms with E-state index in [2.05, 4.69) is 5.32 Å². The molecule has 20 heavy (non-hydrogen) atoms. The molecular weight excluding hydrogens is 305 g/mol. The van der Waals surface area contributed by atoms with E-state index >= 15 is 0 Å². The largest absolute Gasteiger partial charge is 0.334 e. The van der Waals surface area contributed by atoms with Crippen molar-refractivity contribution >= 4 is 34.8 Å². The molecule has 0 heterocycles. The van der Waals surface area contributed by atoms with Crippen LogP contribution in [0, 0.1) is 21.4 Å². The number of non-ortho nitro benzene ring substituents is 1. The van der Waals surface area contributed by atoms with Gasteiger partial charge >= 0.3 is 0 Å². The number of nitrogens with one attached hydrogen (secondary N) is 1. The number of benzene rings is 1. The van der Waals surface area contributed by atoms with Gasteiger partial charge in [-0.05, 0) is 19.3 Å². The highest BCUT2D eigenvalue weighted by molar-refractivity contribution is 6.44. The van der Waals surface area contributed by atoms with E-state index in [9.17, 15) is 14.9 Å². The lowest BCUT2D eigenvalue weighted by Crippen LogP contribution is -2.52. The van der Waals surface area contributed by atoms with E-state index in [0.717, 1.165) is 18.6 Å². The van der Waals surface area contributed by atoms with E-state index in [4.69, 9.17) is 28.5 Å². The Balaban J connectivity index is 2.34. The second-order valence-corrected chi connectivity index (χ2v) is 5.33. The molecule has 1 fully saturated rings. The average molecular weight is 314 g/mol. The second kappa shape index (κ2) is 5.27. The minimum atomic E-state index is -0.905. The number of carbonyl (C=O) groups excluding carboxylic acids is 1. The standard InChI is InChI=1S/C12H9Cl2N3O3/c13-9-5-7(17(19)20)4-8(10(9)14)11(18)16-12(6-15)2-1-3-12/h4-5H,1-3H2,(H,16,18). The highest BCUT2D eigenvalue weighted by atomic mass is 35.5. The molecule has 2 rings (SSSR count). The summed E-state index contributed by atoms with van der Waals surface area (Å²) in [5, 5.41) is 22.3. The molecule has 1 aromatic carbocycles. The Morgan fingerprint density at radius 3 is 2.55 bits per heavy atom. The molecule has 0 bridgehead atoms. The van der Waals surface area contributed by atoms with Crippen LogP contribution in [-0.2, 0) is 0 Å². The van der Waals surface area contributed by atoms with Crippen LogP contribution in [0.5, 0.6) is 0 Å². The quantitative estimate of drug-likeness (QED) is 0.685. The molecule has 0 radical (unpaired) electrons. The molecule has 0 aliphatic heterocycles. The van der Waals surface area contributed by atoms with Crippen LogP contribution in [0.1, 0.15) is 29.6 Å². The van der Waals surface area contributed by atoms with Crippen LogP contribution >= 0.6 is 23.2 Å². The van der Waals surface area contributed by atoms with E-state index in [1.165, 1.54) is 0 Å². The van der Waals surface area contributed by atoms with Crippen LogP contribution in [0.2, 0.25) is 10.0 Å². The summed E-state index contributed by atoms with van der Waals surface area (Å²) in [5.41, 5.74) is -1.34. The molecule has 0 spiro atoms. The monoisotopic (exact) mass is 313 g/mol. The smallest absolute Gasteiger partial charge is 0.271 e. The van der Waals surface area contributed by atoms with Crippen LogP contribution in [-0.4, -0.2) is 16.4 Å². The van der Waals surface area contributed by atoms with Gasteiger partial charge in [0.1, 0.15) is 5.54 Å². The summed E-state index contributed by atoms with van der Waals surface area (Å²) in [6, 6.07) is 4.17. The van der Waals surface area contributed by atoms with Gasteiger partial charge in [0, 0.05) is 12.1 Å². The second-order valence-electron chi connectivity index (χ2n) is 4.55.